The highest BCUT2D eigenvalue weighted by Crippen LogP contribution is 2.21. The lowest BCUT2D eigenvalue weighted by atomic mass is 10.1. The van der Waals surface area contributed by atoms with E-state index < -0.39 is 0 Å². The number of carbonyl (C=O) groups is 1. The van der Waals surface area contributed by atoms with Gasteiger partial charge in [-0.2, -0.15) is 0 Å². The summed E-state index contributed by atoms with van der Waals surface area (Å²) in [7, 11) is 0. The highest BCUT2D eigenvalue weighted by molar-refractivity contribution is 5.72. The van der Waals surface area contributed by atoms with E-state index >= 15 is 0 Å². The molecule has 0 aliphatic rings. The van der Waals surface area contributed by atoms with Gasteiger partial charge in [0.05, 0.1) is 17.6 Å². The summed E-state index contributed by atoms with van der Waals surface area (Å²) in [4.78, 5) is 21.3. The van der Waals surface area contributed by atoms with Crippen molar-refractivity contribution < 1.29 is 9.53 Å². The molecule has 0 atom stereocenters. The Morgan fingerprint density at radius 3 is 1.74 bits per heavy atom. The largest absolute Gasteiger partial charge is 0.427 e. The van der Waals surface area contributed by atoms with Gasteiger partial charge in [-0.25, -0.2) is 0 Å². The average Bonchev–Trinajstić information content (AvgIpc) is 2.88. The molecule has 1 heterocycles. The van der Waals surface area contributed by atoms with E-state index in [2.05, 4.69) is 23.8 Å². The Hall–Kier alpha value is -2.23. The summed E-state index contributed by atoms with van der Waals surface area (Å²) in [6.07, 6.45) is 25.7. The zero-order valence-electron chi connectivity index (χ0n) is 22.4. The summed E-state index contributed by atoms with van der Waals surface area (Å²) in [5, 5.41) is 0. The fraction of sp³-hybridized carbons (Fsp3) is 0.645. The van der Waals surface area contributed by atoms with Crippen LogP contribution in [0.15, 0.2) is 36.7 Å². The van der Waals surface area contributed by atoms with E-state index in [1.165, 1.54) is 89.9 Å². The minimum atomic E-state index is -0.149. The molecule has 0 spiro atoms. The lowest BCUT2D eigenvalue weighted by Crippen LogP contribution is -2.07. The Bertz CT molecular complexity index is 787. The number of hydrogen-bond donors (Lipinski definition) is 0. The van der Waals surface area contributed by atoms with Crippen LogP contribution in [-0.4, -0.2) is 15.9 Å². The molecule has 0 N–H and O–H groups in total. The molecule has 0 saturated heterocycles. The summed E-state index contributed by atoms with van der Waals surface area (Å²) >= 11 is 0. The van der Waals surface area contributed by atoms with Crippen molar-refractivity contribution in [1.29, 1.82) is 0 Å². The van der Waals surface area contributed by atoms with Gasteiger partial charge in [0.15, 0.2) is 0 Å². The predicted molar refractivity (Wildman–Crippen MR) is 147 cm³/mol. The van der Waals surface area contributed by atoms with Gasteiger partial charge < -0.3 is 4.74 Å². The normalized spacial score (nSPS) is 11.0. The summed E-state index contributed by atoms with van der Waals surface area (Å²) < 4.78 is 5.48. The lowest BCUT2D eigenvalue weighted by molar-refractivity contribution is -0.134. The highest BCUT2D eigenvalue weighted by Gasteiger charge is 2.07. The molecule has 1 aromatic heterocycles. The maximum Gasteiger partial charge on any atom is 0.311 e. The molecule has 0 amide bonds. The van der Waals surface area contributed by atoms with Crippen molar-refractivity contribution in [2.24, 2.45) is 0 Å². The number of esters is 1. The van der Waals surface area contributed by atoms with Crippen molar-refractivity contribution in [3.8, 4) is 17.0 Å². The molecular weight excluding hydrogens is 432 g/mol. The van der Waals surface area contributed by atoms with Crippen LogP contribution in [0.1, 0.15) is 129 Å². The number of nitrogens with zero attached hydrogens (tertiary/aromatic N) is 2. The van der Waals surface area contributed by atoms with E-state index in [4.69, 9.17) is 4.74 Å². The third-order valence-corrected chi connectivity index (χ3v) is 6.61. The number of unbranched alkanes of at least 4 members (excludes halogenated alkanes) is 14. The lowest BCUT2D eigenvalue weighted by Gasteiger charge is -2.07. The maximum absolute atomic E-state index is 12.1. The molecular formula is C31H48N2O2. The van der Waals surface area contributed by atoms with Crippen LogP contribution < -0.4 is 4.74 Å². The van der Waals surface area contributed by atoms with Crippen molar-refractivity contribution in [1.82, 2.24) is 9.97 Å². The zero-order valence-corrected chi connectivity index (χ0v) is 22.4. The fourth-order valence-electron chi connectivity index (χ4n) is 4.35. The van der Waals surface area contributed by atoms with Crippen LogP contribution in [-0.2, 0) is 11.2 Å². The van der Waals surface area contributed by atoms with Crippen molar-refractivity contribution in [2.75, 3.05) is 0 Å². The van der Waals surface area contributed by atoms with E-state index in [1.54, 1.807) is 0 Å². The number of aromatic nitrogens is 2. The van der Waals surface area contributed by atoms with E-state index in [1.807, 2.05) is 36.7 Å². The van der Waals surface area contributed by atoms with Gasteiger partial charge in [0, 0.05) is 18.2 Å². The van der Waals surface area contributed by atoms with Crippen molar-refractivity contribution in [3.63, 3.8) is 0 Å². The van der Waals surface area contributed by atoms with Crippen LogP contribution in [0.4, 0.5) is 0 Å². The molecule has 0 unspecified atom stereocenters. The smallest absolute Gasteiger partial charge is 0.311 e. The number of aryl methyl sites for hydroxylation is 1. The third kappa shape index (κ3) is 13.4. The first-order valence-electron chi connectivity index (χ1n) is 14.3. The van der Waals surface area contributed by atoms with Gasteiger partial charge in [-0.3, -0.25) is 14.8 Å². The predicted octanol–water partition coefficient (Wildman–Crippen LogP) is 9.26. The van der Waals surface area contributed by atoms with E-state index in [9.17, 15) is 4.79 Å². The van der Waals surface area contributed by atoms with E-state index in [0.717, 1.165) is 36.2 Å². The molecule has 0 bridgehead atoms. The highest BCUT2D eigenvalue weighted by atomic mass is 16.5. The third-order valence-electron chi connectivity index (χ3n) is 6.61. The molecule has 1 aromatic carbocycles. The van der Waals surface area contributed by atoms with Crippen LogP contribution >= 0.6 is 0 Å². The Morgan fingerprint density at radius 2 is 1.20 bits per heavy atom. The molecule has 0 saturated carbocycles. The number of benzene rings is 1. The van der Waals surface area contributed by atoms with E-state index in [0.29, 0.717) is 12.2 Å². The molecule has 0 radical (unpaired) electrons. The minimum Gasteiger partial charge on any atom is -0.427 e. The SMILES string of the molecule is CCCCCCCCCCCCc1cnc(-c2ccc(OC(=O)CCCCCCCC)cc2)cn1. The molecule has 0 fully saturated rings. The van der Waals surface area contributed by atoms with Gasteiger partial charge in [0.1, 0.15) is 5.75 Å². The number of carbonyl (C=O) groups excluding carboxylic acids is 1. The number of rotatable bonds is 20. The molecule has 35 heavy (non-hydrogen) atoms. The molecule has 2 rings (SSSR count). The van der Waals surface area contributed by atoms with E-state index in [-0.39, 0.29) is 5.97 Å². The van der Waals surface area contributed by atoms with Crippen LogP contribution in [0, 0.1) is 0 Å². The monoisotopic (exact) mass is 480 g/mol. The number of ether oxygens (including phenoxy) is 1. The second-order valence-corrected chi connectivity index (χ2v) is 9.84. The Labute approximate surface area is 214 Å². The van der Waals surface area contributed by atoms with Crippen LogP contribution in [0.25, 0.3) is 11.3 Å². The quantitative estimate of drug-likeness (QED) is 0.108. The van der Waals surface area contributed by atoms with Crippen LogP contribution in [0.3, 0.4) is 0 Å². The van der Waals surface area contributed by atoms with Gasteiger partial charge in [-0.1, -0.05) is 104 Å². The van der Waals surface area contributed by atoms with Crippen molar-refractivity contribution in [3.05, 3.63) is 42.4 Å². The summed E-state index contributed by atoms with van der Waals surface area (Å²) in [6.45, 7) is 4.48. The Balaban J connectivity index is 1.61. The van der Waals surface area contributed by atoms with Gasteiger partial charge in [-0.15, -0.1) is 0 Å². The molecule has 0 aliphatic carbocycles. The van der Waals surface area contributed by atoms with Gasteiger partial charge in [0.25, 0.3) is 0 Å². The first-order valence-corrected chi connectivity index (χ1v) is 14.3. The van der Waals surface area contributed by atoms with Gasteiger partial charge >= 0.3 is 5.97 Å². The van der Waals surface area contributed by atoms with Crippen LogP contribution in [0.2, 0.25) is 0 Å². The first kappa shape index (κ1) is 29.0. The Kier molecular flexibility index (Phi) is 15.8. The van der Waals surface area contributed by atoms with Crippen molar-refractivity contribution in [2.45, 2.75) is 129 Å². The molecule has 4 heteroatoms. The summed E-state index contributed by atoms with van der Waals surface area (Å²) in [5.41, 5.74) is 2.90. The summed E-state index contributed by atoms with van der Waals surface area (Å²) in [6, 6.07) is 7.57. The molecule has 194 valence electrons. The molecule has 0 aliphatic heterocycles. The summed E-state index contributed by atoms with van der Waals surface area (Å²) in [5.74, 6) is 0.444. The topological polar surface area (TPSA) is 52.1 Å². The number of hydrogen-bond acceptors (Lipinski definition) is 4. The molecule has 4 nitrogen and oxygen atoms in total. The van der Waals surface area contributed by atoms with Gasteiger partial charge in [0.2, 0.25) is 0 Å². The average molecular weight is 481 g/mol. The molecule has 2 aromatic rings. The zero-order chi connectivity index (χ0) is 25.0. The standard InChI is InChI=1S/C31H48N2O2/c1-3-5-7-9-11-12-13-14-15-17-19-28-25-33-30(26-32-28)27-21-23-29(24-22-27)35-31(34)20-18-16-10-8-6-4-2/h21-26H,3-20H2,1-2H3. The first-order chi connectivity index (χ1) is 17.2. The van der Waals surface area contributed by atoms with Crippen molar-refractivity contribution >= 4 is 5.97 Å². The van der Waals surface area contributed by atoms with Crippen LogP contribution in [0.5, 0.6) is 5.75 Å². The fourth-order valence-corrected chi connectivity index (χ4v) is 4.35. The maximum atomic E-state index is 12.1. The minimum absolute atomic E-state index is 0.149. The van der Waals surface area contributed by atoms with Gasteiger partial charge in [-0.05, 0) is 43.5 Å². The second-order valence-electron chi connectivity index (χ2n) is 9.84. The Morgan fingerprint density at radius 1 is 0.657 bits per heavy atom. The second kappa shape index (κ2) is 19.0.